The zero-order valence-corrected chi connectivity index (χ0v) is 15.7. The SMILES string of the molecule is CC(Oc1ccc(Cl)cc1Br)C(=O)NNC(=O)c1cccc([N+](=O)[O-])c1. The number of rotatable bonds is 5. The number of halogens is 2. The van der Waals surface area contributed by atoms with Crippen LogP contribution in [0.4, 0.5) is 5.69 Å². The number of benzene rings is 2. The van der Waals surface area contributed by atoms with Crippen LogP contribution in [0.3, 0.4) is 0 Å². The molecule has 2 aromatic carbocycles. The third-order valence-electron chi connectivity index (χ3n) is 3.19. The average Bonchev–Trinajstić information content (AvgIpc) is 2.61. The quantitative estimate of drug-likeness (QED) is 0.545. The summed E-state index contributed by atoms with van der Waals surface area (Å²) in [5.41, 5.74) is 4.19. The maximum Gasteiger partial charge on any atom is 0.279 e. The van der Waals surface area contributed by atoms with Crippen LogP contribution in [0.15, 0.2) is 46.9 Å². The topological polar surface area (TPSA) is 111 Å². The van der Waals surface area contributed by atoms with Crippen LogP contribution in [0, 0.1) is 10.1 Å². The van der Waals surface area contributed by atoms with Gasteiger partial charge in [0.1, 0.15) is 5.75 Å². The minimum atomic E-state index is -0.919. The Morgan fingerprint density at radius 2 is 1.96 bits per heavy atom. The Hall–Kier alpha value is -2.65. The summed E-state index contributed by atoms with van der Waals surface area (Å²) in [6, 6.07) is 9.94. The van der Waals surface area contributed by atoms with Crippen molar-refractivity contribution >= 4 is 45.0 Å². The number of hydrazine groups is 1. The highest BCUT2D eigenvalue weighted by Crippen LogP contribution is 2.28. The molecular weight excluding hydrogens is 430 g/mol. The maximum atomic E-state index is 12.0. The van der Waals surface area contributed by atoms with Gasteiger partial charge in [0, 0.05) is 22.7 Å². The van der Waals surface area contributed by atoms with E-state index in [-0.39, 0.29) is 11.3 Å². The highest BCUT2D eigenvalue weighted by atomic mass is 79.9. The van der Waals surface area contributed by atoms with Crippen molar-refractivity contribution in [2.45, 2.75) is 13.0 Å². The summed E-state index contributed by atoms with van der Waals surface area (Å²) in [4.78, 5) is 34.1. The molecule has 0 aliphatic carbocycles. The Morgan fingerprint density at radius 1 is 1.23 bits per heavy atom. The summed E-state index contributed by atoms with van der Waals surface area (Å²) >= 11 is 9.11. The molecule has 0 aromatic heterocycles. The van der Waals surface area contributed by atoms with Gasteiger partial charge in [-0.05, 0) is 47.1 Å². The number of hydrogen-bond donors (Lipinski definition) is 2. The summed E-state index contributed by atoms with van der Waals surface area (Å²) in [5, 5.41) is 11.2. The van der Waals surface area contributed by atoms with Gasteiger partial charge in [-0.15, -0.1) is 0 Å². The Balaban J connectivity index is 1.94. The fraction of sp³-hybridized carbons (Fsp3) is 0.125. The van der Waals surface area contributed by atoms with E-state index in [0.717, 1.165) is 6.07 Å². The predicted molar refractivity (Wildman–Crippen MR) is 97.9 cm³/mol. The number of nitrogens with zero attached hydrogens (tertiary/aromatic N) is 1. The molecule has 0 saturated heterocycles. The first-order chi connectivity index (χ1) is 12.3. The van der Waals surface area contributed by atoms with Crippen LogP contribution in [0.5, 0.6) is 5.75 Å². The van der Waals surface area contributed by atoms with Gasteiger partial charge in [-0.3, -0.25) is 30.6 Å². The Kier molecular flexibility index (Phi) is 6.53. The molecule has 1 atom stereocenters. The van der Waals surface area contributed by atoms with E-state index < -0.39 is 22.8 Å². The van der Waals surface area contributed by atoms with E-state index in [9.17, 15) is 19.7 Å². The van der Waals surface area contributed by atoms with E-state index >= 15 is 0 Å². The molecule has 0 aliphatic heterocycles. The Bertz CT molecular complexity index is 862. The van der Waals surface area contributed by atoms with Crippen LogP contribution in [-0.4, -0.2) is 22.8 Å². The number of nitro benzene ring substituents is 1. The van der Waals surface area contributed by atoms with Gasteiger partial charge in [0.15, 0.2) is 6.10 Å². The maximum absolute atomic E-state index is 12.0. The lowest BCUT2D eigenvalue weighted by atomic mass is 10.2. The molecule has 2 rings (SSSR count). The van der Waals surface area contributed by atoms with Crippen molar-refractivity contribution in [1.82, 2.24) is 10.9 Å². The van der Waals surface area contributed by atoms with E-state index in [2.05, 4.69) is 26.8 Å². The molecule has 2 aromatic rings. The number of nitro groups is 1. The Labute approximate surface area is 161 Å². The largest absolute Gasteiger partial charge is 0.480 e. The monoisotopic (exact) mass is 441 g/mol. The van der Waals surface area contributed by atoms with Gasteiger partial charge < -0.3 is 4.74 Å². The van der Waals surface area contributed by atoms with Crippen molar-refractivity contribution in [3.63, 3.8) is 0 Å². The molecule has 0 heterocycles. The van der Waals surface area contributed by atoms with Gasteiger partial charge in [0.25, 0.3) is 17.5 Å². The Morgan fingerprint density at radius 3 is 2.62 bits per heavy atom. The van der Waals surface area contributed by atoms with E-state index in [0.29, 0.717) is 15.2 Å². The van der Waals surface area contributed by atoms with Crippen molar-refractivity contribution < 1.29 is 19.2 Å². The van der Waals surface area contributed by atoms with Gasteiger partial charge in [-0.1, -0.05) is 17.7 Å². The lowest BCUT2D eigenvalue weighted by Crippen LogP contribution is -2.47. The second-order valence-corrected chi connectivity index (χ2v) is 6.38. The molecule has 0 bridgehead atoms. The van der Waals surface area contributed by atoms with Gasteiger partial charge in [0.05, 0.1) is 9.40 Å². The molecule has 0 radical (unpaired) electrons. The summed E-state index contributed by atoms with van der Waals surface area (Å²) in [6.07, 6.45) is -0.919. The van der Waals surface area contributed by atoms with Crippen LogP contribution in [0.2, 0.25) is 5.02 Å². The number of hydrogen-bond acceptors (Lipinski definition) is 5. The lowest BCUT2D eigenvalue weighted by molar-refractivity contribution is -0.384. The van der Waals surface area contributed by atoms with Crippen molar-refractivity contribution in [3.8, 4) is 5.75 Å². The molecule has 10 heteroatoms. The van der Waals surface area contributed by atoms with Crippen molar-refractivity contribution in [1.29, 1.82) is 0 Å². The zero-order chi connectivity index (χ0) is 19.3. The molecule has 0 aliphatic rings. The van der Waals surface area contributed by atoms with E-state index in [4.69, 9.17) is 16.3 Å². The molecule has 1 unspecified atom stereocenters. The molecule has 136 valence electrons. The van der Waals surface area contributed by atoms with E-state index in [1.807, 2.05) is 0 Å². The van der Waals surface area contributed by atoms with Crippen LogP contribution in [-0.2, 0) is 4.79 Å². The lowest BCUT2D eigenvalue weighted by Gasteiger charge is -2.16. The van der Waals surface area contributed by atoms with Gasteiger partial charge >= 0.3 is 0 Å². The molecular formula is C16H13BrClN3O5. The fourth-order valence-corrected chi connectivity index (χ4v) is 2.64. The zero-order valence-electron chi connectivity index (χ0n) is 13.4. The molecule has 0 fully saturated rings. The molecule has 0 saturated carbocycles. The normalized spacial score (nSPS) is 11.3. The third kappa shape index (κ3) is 5.17. The first-order valence-electron chi connectivity index (χ1n) is 7.24. The minimum absolute atomic E-state index is 0.0357. The second kappa shape index (κ2) is 8.63. The van der Waals surface area contributed by atoms with E-state index in [1.54, 1.807) is 18.2 Å². The summed E-state index contributed by atoms with van der Waals surface area (Å²) in [7, 11) is 0. The summed E-state index contributed by atoms with van der Waals surface area (Å²) in [6.45, 7) is 1.50. The number of amides is 2. The van der Waals surface area contributed by atoms with E-state index in [1.165, 1.54) is 25.1 Å². The second-order valence-electron chi connectivity index (χ2n) is 5.09. The summed E-state index contributed by atoms with van der Waals surface area (Å²) in [5.74, 6) is -0.894. The van der Waals surface area contributed by atoms with Crippen LogP contribution in [0.25, 0.3) is 0 Å². The standard InChI is InChI=1S/C16H13BrClN3O5/c1-9(26-14-6-5-11(18)8-13(14)17)15(22)19-20-16(23)10-3-2-4-12(7-10)21(24)25/h2-9H,1H3,(H,19,22)(H,20,23). The predicted octanol–water partition coefficient (Wildman–Crippen LogP) is 3.24. The molecule has 2 amide bonds. The minimum Gasteiger partial charge on any atom is -0.480 e. The third-order valence-corrected chi connectivity index (χ3v) is 4.04. The van der Waals surface area contributed by atoms with Crippen molar-refractivity contribution in [2.75, 3.05) is 0 Å². The number of nitrogens with one attached hydrogen (secondary N) is 2. The van der Waals surface area contributed by atoms with Crippen LogP contribution < -0.4 is 15.6 Å². The van der Waals surface area contributed by atoms with Crippen molar-refractivity contribution in [2.24, 2.45) is 0 Å². The summed E-state index contributed by atoms with van der Waals surface area (Å²) < 4.78 is 6.07. The van der Waals surface area contributed by atoms with Gasteiger partial charge in [-0.25, -0.2) is 0 Å². The smallest absolute Gasteiger partial charge is 0.279 e. The number of non-ortho nitro benzene ring substituents is 1. The number of carbonyl (C=O) groups is 2. The van der Waals surface area contributed by atoms with Gasteiger partial charge in [0.2, 0.25) is 0 Å². The molecule has 2 N–H and O–H groups in total. The highest BCUT2D eigenvalue weighted by Gasteiger charge is 2.18. The fourth-order valence-electron chi connectivity index (χ4n) is 1.87. The molecule has 0 spiro atoms. The van der Waals surface area contributed by atoms with Crippen molar-refractivity contribution in [3.05, 3.63) is 67.6 Å². The molecule has 8 nitrogen and oxygen atoms in total. The highest BCUT2D eigenvalue weighted by molar-refractivity contribution is 9.10. The van der Waals surface area contributed by atoms with Gasteiger partial charge in [-0.2, -0.15) is 0 Å². The number of carbonyl (C=O) groups excluding carboxylic acids is 2. The molecule has 26 heavy (non-hydrogen) atoms. The first kappa shape index (κ1) is 19.7. The number of ether oxygens (including phenoxy) is 1. The van der Waals surface area contributed by atoms with Crippen LogP contribution in [0.1, 0.15) is 17.3 Å². The van der Waals surface area contributed by atoms with Crippen LogP contribution >= 0.6 is 27.5 Å². The first-order valence-corrected chi connectivity index (χ1v) is 8.41. The average molecular weight is 443 g/mol.